The number of rotatable bonds is 6. The van der Waals surface area contributed by atoms with Gasteiger partial charge in [-0.05, 0) is 48.9 Å². The van der Waals surface area contributed by atoms with E-state index in [9.17, 15) is 9.59 Å². The molecule has 6 heteroatoms. The zero-order valence-corrected chi connectivity index (χ0v) is 20.1. The van der Waals surface area contributed by atoms with Crippen molar-refractivity contribution in [1.82, 2.24) is 10.3 Å². The normalized spacial score (nSPS) is 21.8. The van der Waals surface area contributed by atoms with E-state index >= 15 is 0 Å². The number of nitrogens with zero attached hydrogens (tertiary/aromatic N) is 2. The number of carbonyl (C=O) groups is 2. The number of carbonyl (C=O) groups excluding carboxylic acids is 2. The van der Waals surface area contributed by atoms with Crippen molar-refractivity contribution in [1.29, 1.82) is 0 Å². The average molecular weight is 450 g/mol. The second-order valence-corrected chi connectivity index (χ2v) is 10.3. The fraction of sp³-hybridized carbons (Fsp3) is 0.519. The molecule has 1 aromatic heterocycles. The highest BCUT2D eigenvalue weighted by Crippen LogP contribution is 2.35. The third kappa shape index (κ3) is 5.44. The van der Waals surface area contributed by atoms with Gasteiger partial charge in [-0.1, -0.05) is 58.2 Å². The van der Waals surface area contributed by atoms with Crippen LogP contribution in [0.1, 0.15) is 77.0 Å². The van der Waals surface area contributed by atoms with Crippen LogP contribution in [0.2, 0.25) is 0 Å². The predicted molar refractivity (Wildman–Crippen MR) is 129 cm³/mol. The van der Waals surface area contributed by atoms with E-state index in [1.165, 1.54) is 12.0 Å². The highest BCUT2D eigenvalue weighted by molar-refractivity contribution is 6.04. The van der Waals surface area contributed by atoms with E-state index in [0.29, 0.717) is 11.3 Å². The zero-order valence-electron chi connectivity index (χ0n) is 20.1. The standard InChI is InChI=1S/C27H35N3O3/c1-18-24(33-18)26(32)30(22-14-12-20(13-15-22)27(2,3)4)23(19-9-8-16-28-17-19)25(31)29-21-10-6-5-7-11-21/h8-9,12-18,21,23-24H,5-7,10-11H2,1-4H3,(H,29,31)/t18?,23-,24?/m1/s1. The molecule has 1 N–H and O–H groups in total. The summed E-state index contributed by atoms with van der Waals surface area (Å²) in [4.78, 5) is 33.2. The lowest BCUT2D eigenvalue weighted by atomic mass is 9.87. The number of nitrogens with one attached hydrogen (secondary N) is 1. The van der Waals surface area contributed by atoms with Crippen molar-refractivity contribution in [2.75, 3.05) is 4.90 Å². The Kier molecular flexibility index (Phi) is 6.84. The summed E-state index contributed by atoms with van der Waals surface area (Å²) in [6.07, 6.45) is 8.06. The van der Waals surface area contributed by atoms with Crippen LogP contribution in [0.15, 0.2) is 48.8 Å². The van der Waals surface area contributed by atoms with Crippen LogP contribution in [0, 0.1) is 0 Å². The first-order valence-electron chi connectivity index (χ1n) is 12.0. The molecule has 6 nitrogen and oxygen atoms in total. The molecule has 1 saturated carbocycles. The third-order valence-corrected chi connectivity index (χ3v) is 6.66. The van der Waals surface area contributed by atoms with Crippen molar-refractivity contribution in [2.24, 2.45) is 0 Å². The lowest BCUT2D eigenvalue weighted by molar-refractivity contribution is -0.127. The molecule has 176 valence electrons. The van der Waals surface area contributed by atoms with Gasteiger partial charge in [0.15, 0.2) is 6.10 Å². The Morgan fingerprint density at radius 2 is 1.76 bits per heavy atom. The maximum Gasteiger partial charge on any atom is 0.259 e. The summed E-state index contributed by atoms with van der Waals surface area (Å²) in [5.41, 5.74) is 2.53. The lowest BCUT2D eigenvalue weighted by Crippen LogP contribution is -2.48. The molecule has 1 saturated heterocycles. The number of epoxide rings is 1. The van der Waals surface area contributed by atoms with Crippen LogP contribution in [0.5, 0.6) is 0 Å². The van der Waals surface area contributed by atoms with E-state index in [0.717, 1.165) is 25.7 Å². The zero-order chi connectivity index (χ0) is 23.6. The molecule has 0 radical (unpaired) electrons. The Morgan fingerprint density at radius 3 is 2.30 bits per heavy atom. The van der Waals surface area contributed by atoms with Gasteiger partial charge in [-0.3, -0.25) is 19.5 Å². The third-order valence-electron chi connectivity index (χ3n) is 6.66. The highest BCUT2D eigenvalue weighted by Gasteiger charge is 2.47. The van der Waals surface area contributed by atoms with Gasteiger partial charge in [-0.15, -0.1) is 0 Å². The van der Waals surface area contributed by atoms with Gasteiger partial charge in [-0.25, -0.2) is 0 Å². The van der Waals surface area contributed by atoms with Gasteiger partial charge in [0, 0.05) is 29.7 Å². The van der Waals surface area contributed by atoms with Gasteiger partial charge in [-0.2, -0.15) is 0 Å². The van der Waals surface area contributed by atoms with Crippen LogP contribution >= 0.6 is 0 Å². The van der Waals surface area contributed by atoms with Crippen LogP contribution in [-0.4, -0.2) is 35.0 Å². The van der Waals surface area contributed by atoms with Crippen molar-refractivity contribution in [2.45, 2.75) is 89.5 Å². The second-order valence-electron chi connectivity index (χ2n) is 10.3. The molecular formula is C27H35N3O3. The monoisotopic (exact) mass is 449 g/mol. The highest BCUT2D eigenvalue weighted by atomic mass is 16.6. The maximum atomic E-state index is 13.7. The first-order chi connectivity index (χ1) is 15.8. The summed E-state index contributed by atoms with van der Waals surface area (Å²) >= 11 is 0. The molecule has 0 bridgehead atoms. The predicted octanol–water partition coefficient (Wildman–Crippen LogP) is 4.69. The summed E-state index contributed by atoms with van der Waals surface area (Å²) in [5.74, 6) is -0.366. The Labute approximate surface area is 196 Å². The Hall–Kier alpha value is -2.73. The molecule has 3 atom stereocenters. The smallest absolute Gasteiger partial charge is 0.259 e. The van der Waals surface area contributed by atoms with Gasteiger partial charge in [0.2, 0.25) is 5.91 Å². The second kappa shape index (κ2) is 9.64. The van der Waals surface area contributed by atoms with Gasteiger partial charge >= 0.3 is 0 Å². The average Bonchev–Trinajstić information content (AvgIpc) is 3.54. The van der Waals surface area contributed by atoms with Crippen LogP contribution in [0.25, 0.3) is 0 Å². The van der Waals surface area contributed by atoms with E-state index in [1.54, 1.807) is 23.4 Å². The van der Waals surface area contributed by atoms with Crippen LogP contribution in [-0.2, 0) is 19.7 Å². The Balaban J connectivity index is 1.72. The van der Waals surface area contributed by atoms with Crippen molar-refractivity contribution in [3.63, 3.8) is 0 Å². The first kappa shape index (κ1) is 23.4. The molecule has 33 heavy (non-hydrogen) atoms. The molecule has 0 spiro atoms. The Bertz CT molecular complexity index is 962. The number of hydrogen-bond donors (Lipinski definition) is 1. The largest absolute Gasteiger partial charge is 0.359 e. The number of hydrogen-bond acceptors (Lipinski definition) is 4. The summed E-state index contributed by atoms with van der Waals surface area (Å²) in [6.45, 7) is 8.34. The van der Waals surface area contributed by atoms with Crippen LogP contribution < -0.4 is 10.2 Å². The number of pyridine rings is 1. The van der Waals surface area contributed by atoms with E-state index in [-0.39, 0.29) is 29.4 Å². The van der Waals surface area contributed by atoms with Crippen molar-refractivity contribution in [3.8, 4) is 0 Å². The molecule has 4 rings (SSSR count). The van der Waals surface area contributed by atoms with Crippen molar-refractivity contribution >= 4 is 17.5 Å². The fourth-order valence-electron chi connectivity index (χ4n) is 4.59. The number of anilines is 1. The van der Waals surface area contributed by atoms with E-state index in [4.69, 9.17) is 4.74 Å². The first-order valence-corrected chi connectivity index (χ1v) is 12.0. The molecule has 2 fully saturated rings. The molecule has 2 aromatic rings. The molecule has 1 aliphatic heterocycles. The number of aromatic nitrogens is 1. The van der Waals surface area contributed by atoms with E-state index in [2.05, 4.69) is 31.1 Å². The molecule has 2 aliphatic rings. The minimum absolute atomic E-state index is 0.0113. The summed E-state index contributed by atoms with van der Waals surface area (Å²) in [5, 5.41) is 3.23. The minimum atomic E-state index is -0.815. The van der Waals surface area contributed by atoms with Gasteiger partial charge in [0.25, 0.3) is 5.91 Å². The van der Waals surface area contributed by atoms with Crippen LogP contribution in [0.3, 0.4) is 0 Å². The molecule has 2 unspecified atom stereocenters. The van der Waals surface area contributed by atoms with E-state index < -0.39 is 12.1 Å². The lowest BCUT2D eigenvalue weighted by Gasteiger charge is -2.33. The van der Waals surface area contributed by atoms with Gasteiger partial charge < -0.3 is 10.1 Å². The summed E-state index contributed by atoms with van der Waals surface area (Å²) in [6, 6.07) is 10.9. The van der Waals surface area contributed by atoms with Crippen molar-refractivity contribution in [3.05, 3.63) is 59.9 Å². The molecular weight excluding hydrogens is 414 g/mol. The topological polar surface area (TPSA) is 74.8 Å². The number of amides is 2. The minimum Gasteiger partial charge on any atom is -0.359 e. The van der Waals surface area contributed by atoms with Crippen LogP contribution in [0.4, 0.5) is 5.69 Å². The van der Waals surface area contributed by atoms with Gasteiger partial charge in [0.1, 0.15) is 6.04 Å². The SMILES string of the molecule is CC1OC1C(=O)N(c1ccc(C(C)(C)C)cc1)[C@@H](C(=O)NC1CCCCC1)c1cccnc1. The molecule has 2 heterocycles. The summed E-state index contributed by atoms with van der Waals surface area (Å²) < 4.78 is 5.54. The number of ether oxygens (including phenoxy) is 1. The number of benzene rings is 1. The fourth-order valence-corrected chi connectivity index (χ4v) is 4.59. The molecule has 2 amide bonds. The molecule has 1 aromatic carbocycles. The van der Waals surface area contributed by atoms with Gasteiger partial charge in [0.05, 0.1) is 6.10 Å². The maximum absolute atomic E-state index is 13.7. The van der Waals surface area contributed by atoms with Crippen molar-refractivity contribution < 1.29 is 14.3 Å². The summed E-state index contributed by atoms with van der Waals surface area (Å²) in [7, 11) is 0. The Morgan fingerprint density at radius 1 is 1.09 bits per heavy atom. The van der Waals surface area contributed by atoms with E-state index in [1.807, 2.05) is 37.3 Å². The quantitative estimate of drug-likeness (QED) is 0.649. The molecule has 1 aliphatic carbocycles.